The van der Waals surface area contributed by atoms with Crippen LogP contribution < -0.4 is 21.7 Å². The van der Waals surface area contributed by atoms with Crippen LogP contribution >= 0.6 is 0 Å². The van der Waals surface area contributed by atoms with Crippen molar-refractivity contribution < 1.29 is 29.0 Å². The second kappa shape index (κ2) is 8.37. The van der Waals surface area contributed by atoms with Gasteiger partial charge in [0.15, 0.2) is 0 Å². The van der Waals surface area contributed by atoms with E-state index in [0.29, 0.717) is 16.6 Å². The third-order valence-electron chi connectivity index (χ3n) is 5.51. The van der Waals surface area contributed by atoms with Crippen molar-refractivity contribution in [1.29, 1.82) is 0 Å². The number of benzene rings is 2. The van der Waals surface area contributed by atoms with Gasteiger partial charge in [-0.15, -0.1) is 0 Å². The van der Waals surface area contributed by atoms with Gasteiger partial charge in [-0.25, -0.2) is 0 Å². The molecule has 0 saturated carbocycles. The molecule has 0 spiro atoms. The summed E-state index contributed by atoms with van der Waals surface area (Å²) in [4.78, 5) is 62.9. The number of imide groups is 2. The zero-order valence-electron chi connectivity index (χ0n) is 16.8. The highest BCUT2D eigenvalue weighted by Crippen LogP contribution is 2.29. The van der Waals surface area contributed by atoms with E-state index in [0.717, 1.165) is 4.90 Å². The first kappa shape index (κ1) is 21.4. The van der Waals surface area contributed by atoms with Crippen molar-refractivity contribution in [3.63, 3.8) is 0 Å². The molecule has 2 aliphatic heterocycles. The number of fused-ring (bicyclic) bond motifs is 1. The molecular weight excluding hydrogens is 415 g/mol. The molecule has 5 N–H and O–H groups in total. The Kier molecular flexibility index (Phi) is 5.60. The fourth-order valence-electron chi connectivity index (χ4n) is 3.84. The molecule has 1 atom stereocenters. The van der Waals surface area contributed by atoms with Crippen molar-refractivity contribution in [1.82, 2.24) is 15.5 Å². The summed E-state index contributed by atoms with van der Waals surface area (Å²) in [7, 11) is -1.14. The summed E-state index contributed by atoms with van der Waals surface area (Å²) in [5, 5.41) is 14.2. The van der Waals surface area contributed by atoms with Crippen molar-refractivity contribution >= 4 is 42.0 Å². The number of carbonyl (C=O) groups excluding carboxylic acids is 5. The second-order valence-electron chi connectivity index (χ2n) is 7.54. The second-order valence-corrected chi connectivity index (χ2v) is 7.54. The topological polar surface area (TPSA) is 159 Å². The van der Waals surface area contributed by atoms with Crippen molar-refractivity contribution in [3.8, 4) is 0 Å². The maximum absolute atomic E-state index is 13.1. The maximum atomic E-state index is 13.1. The van der Waals surface area contributed by atoms with Crippen LogP contribution in [0.1, 0.15) is 49.5 Å². The van der Waals surface area contributed by atoms with Gasteiger partial charge in [0.05, 0.1) is 11.1 Å². The summed E-state index contributed by atoms with van der Waals surface area (Å²) in [6.07, 6.45) is 0.0996. The van der Waals surface area contributed by atoms with Crippen LogP contribution in [0.15, 0.2) is 42.5 Å². The lowest BCUT2D eigenvalue weighted by molar-refractivity contribution is -0.136. The fourth-order valence-corrected chi connectivity index (χ4v) is 3.84. The van der Waals surface area contributed by atoms with Crippen molar-refractivity contribution in [2.75, 3.05) is 0 Å². The molecule has 10 nitrogen and oxygen atoms in total. The van der Waals surface area contributed by atoms with E-state index in [1.165, 1.54) is 30.3 Å². The van der Waals surface area contributed by atoms with E-state index in [4.69, 9.17) is 5.64 Å². The third kappa shape index (κ3) is 3.79. The molecule has 162 valence electrons. The average Bonchev–Trinajstić information content (AvgIpc) is 3.03. The van der Waals surface area contributed by atoms with Crippen LogP contribution in [-0.2, 0) is 16.1 Å². The standard InChI is InChI=1S/C21H19BN4O6/c23-22(32)13-6-4-11(5-7-13)18(28)24-10-12-2-1-3-14-17(12)21(31)26(20(14)30)15-8-9-16(27)25-19(15)29/h1-7,15,32H,8-10,23H2,(H,24,28)(H,25,27,29). The zero-order chi connectivity index (χ0) is 23.0. The van der Waals surface area contributed by atoms with Gasteiger partial charge < -0.3 is 16.0 Å². The number of piperidine rings is 1. The van der Waals surface area contributed by atoms with E-state index in [1.807, 2.05) is 0 Å². The number of hydrogen-bond acceptors (Lipinski definition) is 7. The van der Waals surface area contributed by atoms with Gasteiger partial charge in [-0.2, -0.15) is 0 Å². The normalized spacial score (nSPS) is 17.8. The largest absolute Gasteiger partial charge is 0.434 e. The Bertz CT molecular complexity index is 1150. The average molecular weight is 434 g/mol. The number of nitrogens with two attached hydrogens (primary N) is 1. The quantitative estimate of drug-likeness (QED) is 0.335. The predicted octanol–water partition coefficient (Wildman–Crippen LogP) is -1.34. The number of hydrogen-bond donors (Lipinski definition) is 4. The first-order valence-corrected chi connectivity index (χ1v) is 9.93. The minimum Gasteiger partial charge on any atom is -0.434 e. The molecule has 0 bridgehead atoms. The molecule has 1 unspecified atom stereocenters. The lowest BCUT2D eigenvalue weighted by Gasteiger charge is -2.27. The van der Waals surface area contributed by atoms with E-state index in [1.54, 1.807) is 12.1 Å². The van der Waals surface area contributed by atoms with Crippen LogP contribution in [0.25, 0.3) is 0 Å². The lowest BCUT2D eigenvalue weighted by atomic mass is 9.76. The predicted molar refractivity (Wildman–Crippen MR) is 113 cm³/mol. The molecule has 0 radical (unpaired) electrons. The molecular formula is C21H19BN4O6. The third-order valence-corrected chi connectivity index (χ3v) is 5.51. The van der Waals surface area contributed by atoms with Crippen LogP contribution in [0, 0.1) is 0 Å². The number of nitrogens with one attached hydrogen (secondary N) is 2. The molecule has 0 aliphatic carbocycles. The molecule has 2 aliphatic rings. The van der Waals surface area contributed by atoms with E-state index in [9.17, 15) is 29.0 Å². The van der Waals surface area contributed by atoms with Crippen LogP contribution in [0.4, 0.5) is 0 Å². The Morgan fingerprint density at radius 1 is 1.12 bits per heavy atom. The molecule has 1 fully saturated rings. The molecule has 4 rings (SSSR count). The van der Waals surface area contributed by atoms with E-state index in [-0.39, 0.29) is 30.5 Å². The summed E-state index contributed by atoms with van der Waals surface area (Å²) >= 11 is 0. The van der Waals surface area contributed by atoms with Crippen LogP contribution in [0.2, 0.25) is 0 Å². The van der Waals surface area contributed by atoms with E-state index in [2.05, 4.69) is 10.6 Å². The number of amides is 5. The van der Waals surface area contributed by atoms with Crippen molar-refractivity contribution in [2.24, 2.45) is 5.64 Å². The number of nitrogens with zero attached hydrogens (tertiary/aromatic N) is 1. The SMILES string of the molecule is NB(O)c1ccc(C(=O)NCc2cccc3c2C(=O)N(C2CCC(=O)NC2=O)C3=O)cc1. The Hall–Kier alpha value is -3.83. The van der Waals surface area contributed by atoms with Gasteiger partial charge in [-0.05, 0) is 35.6 Å². The van der Waals surface area contributed by atoms with Gasteiger partial charge in [-0.3, -0.25) is 34.2 Å². The smallest absolute Gasteiger partial charge is 0.410 e. The van der Waals surface area contributed by atoms with Gasteiger partial charge in [0.25, 0.3) is 17.7 Å². The number of carbonyl (C=O) groups is 5. The Labute approximate surface area is 182 Å². The first-order valence-electron chi connectivity index (χ1n) is 9.93. The van der Waals surface area contributed by atoms with Crippen LogP contribution in [0.3, 0.4) is 0 Å². The fraction of sp³-hybridized carbons (Fsp3) is 0.190. The highest BCUT2D eigenvalue weighted by molar-refractivity contribution is 6.62. The van der Waals surface area contributed by atoms with Gasteiger partial charge in [-0.1, -0.05) is 24.3 Å². The molecule has 5 amide bonds. The number of rotatable bonds is 5. The summed E-state index contributed by atoms with van der Waals surface area (Å²) < 4.78 is 0. The molecule has 2 aromatic carbocycles. The summed E-state index contributed by atoms with van der Waals surface area (Å²) in [6.45, 7) is -0.0223. The minimum absolute atomic E-state index is 0.0223. The van der Waals surface area contributed by atoms with Crippen LogP contribution in [-0.4, -0.2) is 52.6 Å². The van der Waals surface area contributed by atoms with E-state index < -0.39 is 42.6 Å². The maximum Gasteiger partial charge on any atom is 0.410 e. The Morgan fingerprint density at radius 2 is 1.84 bits per heavy atom. The zero-order valence-corrected chi connectivity index (χ0v) is 16.8. The highest BCUT2D eigenvalue weighted by Gasteiger charge is 2.45. The van der Waals surface area contributed by atoms with Gasteiger partial charge in [0, 0.05) is 18.5 Å². The van der Waals surface area contributed by atoms with Gasteiger partial charge in [0.2, 0.25) is 11.8 Å². The van der Waals surface area contributed by atoms with Gasteiger partial charge in [0.1, 0.15) is 6.04 Å². The van der Waals surface area contributed by atoms with Gasteiger partial charge >= 0.3 is 7.05 Å². The molecule has 2 heterocycles. The first-order chi connectivity index (χ1) is 15.3. The van der Waals surface area contributed by atoms with Crippen molar-refractivity contribution in [3.05, 3.63) is 64.7 Å². The highest BCUT2D eigenvalue weighted by atomic mass is 16.2. The molecule has 11 heteroatoms. The molecule has 2 aromatic rings. The van der Waals surface area contributed by atoms with E-state index >= 15 is 0 Å². The molecule has 0 aromatic heterocycles. The summed E-state index contributed by atoms with van der Waals surface area (Å²) in [6, 6.07) is 9.72. The minimum atomic E-state index is -1.14. The lowest BCUT2D eigenvalue weighted by Crippen LogP contribution is -2.54. The molecule has 32 heavy (non-hydrogen) atoms. The Balaban J connectivity index is 1.52. The van der Waals surface area contributed by atoms with Crippen LogP contribution in [0.5, 0.6) is 0 Å². The van der Waals surface area contributed by atoms with Crippen molar-refractivity contribution in [2.45, 2.75) is 25.4 Å². The molecule has 1 saturated heterocycles. The Morgan fingerprint density at radius 3 is 2.50 bits per heavy atom. The monoisotopic (exact) mass is 434 g/mol. The summed E-state index contributed by atoms with van der Waals surface area (Å²) in [5.74, 6) is -2.79. The summed E-state index contributed by atoms with van der Waals surface area (Å²) in [5.41, 5.74) is 6.87.